The molecule has 0 aromatic carbocycles. The van der Waals surface area contributed by atoms with Crippen molar-refractivity contribution >= 4 is 7.12 Å². The molecule has 2 rings (SSSR count). The molecule has 0 unspecified atom stereocenters. The van der Waals surface area contributed by atoms with Gasteiger partial charge in [0.2, 0.25) is 0 Å². The van der Waals surface area contributed by atoms with Gasteiger partial charge < -0.3 is 9.31 Å². The van der Waals surface area contributed by atoms with E-state index in [0.717, 1.165) is 0 Å². The van der Waals surface area contributed by atoms with E-state index in [0.29, 0.717) is 12.2 Å². The Hall–Kier alpha value is -0.0151. The SMILES string of the molecule is CC(C)(C)B1O[C@H]2CCC[C@H]2O1. The van der Waals surface area contributed by atoms with Crippen LogP contribution in [-0.4, -0.2) is 19.3 Å². The molecule has 68 valence electrons. The molecule has 2 aliphatic rings. The number of hydrogen-bond donors (Lipinski definition) is 0. The zero-order valence-corrected chi connectivity index (χ0v) is 8.17. The van der Waals surface area contributed by atoms with Crippen LogP contribution in [-0.2, 0) is 9.31 Å². The molecule has 1 saturated heterocycles. The summed E-state index contributed by atoms with van der Waals surface area (Å²) in [5.41, 5.74) is 0. The van der Waals surface area contributed by atoms with Gasteiger partial charge in [0.05, 0.1) is 12.2 Å². The van der Waals surface area contributed by atoms with E-state index in [9.17, 15) is 0 Å². The first-order valence-corrected chi connectivity index (χ1v) is 4.88. The van der Waals surface area contributed by atoms with Crippen LogP contribution in [0.3, 0.4) is 0 Å². The standard InChI is InChI=1S/C9H17BO2/c1-9(2,3)10-11-7-5-4-6-8(7)12-10/h7-8H,4-6H2,1-3H3/t7-,8+. The first kappa shape index (κ1) is 8.58. The first-order valence-electron chi connectivity index (χ1n) is 4.88. The maximum Gasteiger partial charge on any atom is 0.463 e. The van der Waals surface area contributed by atoms with E-state index in [1.807, 2.05) is 0 Å². The molecule has 1 saturated carbocycles. The molecule has 1 aliphatic carbocycles. The van der Waals surface area contributed by atoms with Crippen LogP contribution in [0.25, 0.3) is 0 Å². The summed E-state index contributed by atoms with van der Waals surface area (Å²) in [6.07, 6.45) is 4.45. The third-order valence-corrected chi connectivity index (χ3v) is 2.70. The molecular formula is C9H17BO2. The van der Waals surface area contributed by atoms with Crippen molar-refractivity contribution in [2.75, 3.05) is 0 Å². The Kier molecular flexibility index (Phi) is 1.96. The predicted molar refractivity (Wildman–Crippen MR) is 49.1 cm³/mol. The molecule has 0 spiro atoms. The van der Waals surface area contributed by atoms with Crippen molar-refractivity contribution in [2.45, 2.75) is 57.6 Å². The summed E-state index contributed by atoms with van der Waals surface area (Å²) in [5, 5.41) is 0.129. The molecular weight excluding hydrogens is 151 g/mol. The van der Waals surface area contributed by atoms with Gasteiger partial charge in [0.1, 0.15) is 0 Å². The quantitative estimate of drug-likeness (QED) is 0.516. The van der Waals surface area contributed by atoms with Crippen LogP contribution in [0.15, 0.2) is 0 Å². The van der Waals surface area contributed by atoms with Gasteiger partial charge in [-0.2, -0.15) is 0 Å². The molecule has 0 aromatic rings. The molecule has 3 heteroatoms. The van der Waals surface area contributed by atoms with E-state index >= 15 is 0 Å². The fourth-order valence-corrected chi connectivity index (χ4v) is 1.96. The van der Waals surface area contributed by atoms with Gasteiger partial charge in [-0.15, -0.1) is 0 Å². The maximum atomic E-state index is 5.83. The Bertz CT molecular complexity index is 164. The molecule has 0 aromatic heterocycles. The van der Waals surface area contributed by atoms with E-state index in [2.05, 4.69) is 20.8 Å². The number of rotatable bonds is 0. The van der Waals surface area contributed by atoms with Crippen LogP contribution in [0.2, 0.25) is 5.31 Å². The second-order valence-electron chi connectivity index (χ2n) is 4.98. The summed E-state index contributed by atoms with van der Waals surface area (Å²) >= 11 is 0. The molecule has 2 atom stereocenters. The second kappa shape index (κ2) is 2.74. The largest absolute Gasteiger partial charge is 0.463 e. The minimum atomic E-state index is 0.0211. The van der Waals surface area contributed by atoms with Crippen LogP contribution in [0.5, 0.6) is 0 Å². The molecule has 12 heavy (non-hydrogen) atoms. The van der Waals surface area contributed by atoms with Crippen molar-refractivity contribution in [3.05, 3.63) is 0 Å². The lowest BCUT2D eigenvalue weighted by Gasteiger charge is -2.21. The highest BCUT2D eigenvalue weighted by Gasteiger charge is 2.47. The van der Waals surface area contributed by atoms with Gasteiger partial charge in [0, 0.05) is 0 Å². The van der Waals surface area contributed by atoms with Gasteiger partial charge in [-0.05, 0) is 24.6 Å². The highest BCUT2D eigenvalue weighted by atomic mass is 16.7. The van der Waals surface area contributed by atoms with Gasteiger partial charge >= 0.3 is 7.12 Å². The predicted octanol–water partition coefficient (Wildman–Crippen LogP) is 2.24. The minimum absolute atomic E-state index is 0.0211. The summed E-state index contributed by atoms with van der Waals surface area (Å²) in [4.78, 5) is 0. The van der Waals surface area contributed by atoms with Gasteiger partial charge in [-0.1, -0.05) is 20.8 Å². The molecule has 2 nitrogen and oxygen atoms in total. The van der Waals surface area contributed by atoms with Crippen molar-refractivity contribution in [1.29, 1.82) is 0 Å². The highest BCUT2D eigenvalue weighted by Crippen LogP contribution is 2.39. The third-order valence-electron chi connectivity index (χ3n) is 2.70. The third kappa shape index (κ3) is 1.40. The summed E-state index contributed by atoms with van der Waals surface area (Å²) in [6.45, 7) is 6.50. The topological polar surface area (TPSA) is 18.5 Å². The van der Waals surface area contributed by atoms with E-state index < -0.39 is 0 Å². The average Bonchev–Trinajstić information content (AvgIpc) is 2.37. The van der Waals surface area contributed by atoms with Crippen molar-refractivity contribution < 1.29 is 9.31 Å². The van der Waals surface area contributed by atoms with Gasteiger partial charge in [-0.25, -0.2) is 0 Å². The Morgan fingerprint density at radius 1 is 1.08 bits per heavy atom. The molecule has 0 amide bonds. The zero-order valence-electron chi connectivity index (χ0n) is 8.17. The molecule has 1 aliphatic heterocycles. The number of fused-ring (bicyclic) bond motifs is 1. The van der Waals surface area contributed by atoms with Crippen LogP contribution in [0.4, 0.5) is 0 Å². The van der Waals surface area contributed by atoms with Crippen LogP contribution < -0.4 is 0 Å². The maximum absolute atomic E-state index is 5.83. The van der Waals surface area contributed by atoms with E-state index in [1.54, 1.807) is 0 Å². The monoisotopic (exact) mass is 168 g/mol. The fourth-order valence-electron chi connectivity index (χ4n) is 1.96. The average molecular weight is 168 g/mol. The summed E-state index contributed by atoms with van der Waals surface area (Å²) in [7, 11) is 0.0211. The lowest BCUT2D eigenvalue weighted by molar-refractivity contribution is 0.187. The fraction of sp³-hybridized carbons (Fsp3) is 1.00. The van der Waals surface area contributed by atoms with Crippen molar-refractivity contribution in [3.63, 3.8) is 0 Å². The van der Waals surface area contributed by atoms with E-state index in [1.165, 1.54) is 19.3 Å². The second-order valence-corrected chi connectivity index (χ2v) is 4.98. The Morgan fingerprint density at radius 2 is 1.58 bits per heavy atom. The van der Waals surface area contributed by atoms with Crippen LogP contribution in [0, 0.1) is 0 Å². The molecule has 0 bridgehead atoms. The summed E-state index contributed by atoms with van der Waals surface area (Å²) < 4.78 is 11.7. The normalized spacial score (nSPS) is 35.8. The minimum Gasteiger partial charge on any atom is -0.405 e. The van der Waals surface area contributed by atoms with Crippen molar-refractivity contribution in [2.24, 2.45) is 0 Å². The highest BCUT2D eigenvalue weighted by molar-refractivity contribution is 6.49. The first-order chi connectivity index (χ1) is 5.57. The van der Waals surface area contributed by atoms with Gasteiger partial charge in [0.15, 0.2) is 0 Å². The summed E-state index contributed by atoms with van der Waals surface area (Å²) in [5.74, 6) is 0. The Balaban J connectivity index is 1.99. The smallest absolute Gasteiger partial charge is 0.405 e. The lowest BCUT2D eigenvalue weighted by atomic mass is 9.61. The lowest BCUT2D eigenvalue weighted by Crippen LogP contribution is -2.28. The molecule has 0 radical (unpaired) electrons. The van der Waals surface area contributed by atoms with Crippen molar-refractivity contribution in [3.8, 4) is 0 Å². The zero-order chi connectivity index (χ0) is 8.77. The molecule has 0 N–H and O–H groups in total. The van der Waals surface area contributed by atoms with Crippen molar-refractivity contribution in [1.82, 2.24) is 0 Å². The Labute approximate surface area is 74.8 Å². The van der Waals surface area contributed by atoms with E-state index in [4.69, 9.17) is 9.31 Å². The van der Waals surface area contributed by atoms with E-state index in [-0.39, 0.29) is 12.4 Å². The summed E-state index contributed by atoms with van der Waals surface area (Å²) in [6, 6.07) is 0. The van der Waals surface area contributed by atoms with Crippen LogP contribution in [0.1, 0.15) is 40.0 Å². The Morgan fingerprint density at radius 3 is 2.00 bits per heavy atom. The van der Waals surface area contributed by atoms with Crippen LogP contribution >= 0.6 is 0 Å². The van der Waals surface area contributed by atoms with Gasteiger partial charge in [-0.3, -0.25) is 0 Å². The number of hydrogen-bond acceptors (Lipinski definition) is 2. The molecule has 2 fully saturated rings. The molecule has 1 heterocycles. The van der Waals surface area contributed by atoms with Gasteiger partial charge in [0.25, 0.3) is 0 Å².